The maximum absolute atomic E-state index is 8.83. The van der Waals surface area contributed by atoms with E-state index < -0.39 is 0 Å². The number of hydrogen-bond donors (Lipinski definition) is 0. The van der Waals surface area contributed by atoms with Gasteiger partial charge in [-0.05, 0) is 30.0 Å². The molecule has 0 unspecified atom stereocenters. The Labute approximate surface area is 121 Å². The Balaban J connectivity index is 2.06. The lowest BCUT2D eigenvalue weighted by atomic mass is 10.3. The highest BCUT2D eigenvalue weighted by molar-refractivity contribution is 7.09. The van der Waals surface area contributed by atoms with E-state index in [1.165, 1.54) is 4.88 Å². The molecule has 20 heavy (non-hydrogen) atoms. The van der Waals surface area contributed by atoms with Gasteiger partial charge < -0.3 is 4.57 Å². The Morgan fingerprint density at radius 1 is 1.45 bits per heavy atom. The van der Waals surface area contributed by atoms with Crippen LogP contribution in [0.4, 0.5) is 0 Å². The molecule has 0 aliphatic carbocycles. The van der Waals surface area contributed by atoms with Gasteiger partial charge in [-0.15, -0.1) is 11.3 Å². The van der Waals surface area contributed by atoms with E-state index in [1.54, 1.807) is 11.3 Å². The number of pyridine rings is 1. The fraction of sp³-hybridized carbons (Fsp3) is 0.267. The second-order valence-corrected chi connectivity index (χ2v) is 5.73. The Bertz CT molecular complexity index is 765. The monoisotopic (exact) mass is 282 g/mol. The average molecular weight is 282 g/mol. The van der Waals surface area contributed by atoms with E-state index in [2.05, 4.69) is 27.1 Å². The first-order valence-electron chi connectivity index (χ1n) is 6.49. The fourth-order valence-corrected chi connectivity index (χ4v) is 2.96. The Kier molecular flexibility index (Phi) is 3.48. The van der Waals surface area contributed by atoms with E-state index in [4.69, 9.17) is 10.2 Å². The lowest BCUT2D eigenvalue weighted by Crippen LogP contribution is -2.04. The molecular formula is C15H14N4S. The quantitative estimate of drug-likeness (QED) is 0.737. The standard InChI is InChI=1S/C15H14N4S/c1-11-8-13-15(17-10-11)19(6-3-5-16)14(18-13)9-12-4-2-7-20-12/h2,4,7-8,10H,3,6,9H2,1H3. The molecule has 0 fully saturated rings. The van der Waals surface area contributed by atoms with Gasteiger partial charge in [0.25, 0.3) is 0 Å². The van der Waals surface area contributed by atoms with Gasteiger partial charge >= 0.3 is 0 Å². The number of thiophene rings is 1. The van der Waals surface area contributed by atoms with Crippen LogP contribution in [0, 0.1) is 18.3 Å². The number of aryl methyl sites for hydroxylation is 2. The van der Waals surface area contributed by atoms with Crippen LogP contribution in [0.15, 0.2) is 29.8 Å². The minimum atomic E-state index is 0.471. The van der Waals surface area contributed by atoms with Gasteiger partial charge in [0.2, 0.25) is 0 Å². The van der Waals surface area contributed by atoms with E-state index in [-0.39, 0.29) is 0 Å². The summed E-state index contributed by atoms with van der Waals surface area (Å²) in [6, 6.07) is 8.39. The smallest absolute Gasteiger partial charge is 0.160 e. The van der Waals surface area contributed by atoms with Crippen LogP contribution in [-0.2, 0) is 13.0 Å². The van der Waals surface area contributed by atoms with Crippen LogP contribution in [0.1, 0.15) is 22.7 Å². The second kappa shape index (κ2) is 5.43. The van der Waals surface area contributed by atoms with E-state index >= 15 is 0 Å². The Morgan fingerprint density at radius 2 is 2.35 bits per heavy atom. The summed E-state index contributed by atoms with van der Waals surface area (Å²) < 4.78 is 2.07. The van der Waals surface area contributed by atoms with Crippen LogP contribution in [0.5, 0.6) is 0 Å². The first-order chi connectivity index (χ1) is 9.78. The van der Waals surface area contributed by atoms with Crippen molar-refractivity contribution in [3.05, 3.63) is 46.0 Å². The molecule has 100 valence electrons. The van der Waals surface area contributed by atoms with E-state index in [9.17, 15) is 0 Å². The van der Waals surface area contributed by atoms with E-state index in [1.807, 2.05) is 25.3 Å². The molecule has 0 N–H and O–H groups in total. The lowest BCUT2D eigenvalue weighted by molar-refractivity contribution is 0.691. The fourth-order valence-electron chi connectivity index (χ4n) is 2.26. The summed E-state index contributed by atoms with van der Waals surface area (Å²) in [4.78, 5) is 10.5. The van der Waals surface area contributed by atoms with Crippen molar-refractivity contribution in [3.8, 4) is 6.07 Å². The lowest BCUT2D eigenvalue weighted by Gasteiger charge is -2.05. The summed E-state index contributed by atoms with van der Waals surface area (Å²) in [5, 5.41) is 10.9. The van der Waals surface area contributed by atoms with E-state index in [0.717, 1.165) is 29.0 Å². The number of imidazole rings is 1. The van der Waals surface area contributed by atoms with Crippen LogP contribution >= 0.6 is 11.3 Å². The molecular weight excluding hydrogens is 268 g/mol. The maximum Gasteiger partial charge on any atom is 0.160 e. The van der Waals surface area contributed by atoms with Crippen molar-refractivity contribution in [2.45, 2.75) is 26.3 Å². The second-order valence-electron chi connectivity index (χ2n) is 4.70. The summed E-state index contributed by atoms with van der Waals surface area (Å²) in [6.45, 7) is 2.66. The molecule has 3 rings (SSSR count). The zero-order valence-corrected chi connectivity index (χ0v) is 12.0. The number of fused-ring (bicyclic) bond motifs is 1. The maximum atomic E-state index is 8.83. The number of nitrogens with zero attached hydrogens (tertiary/aromatic N) is 4. The van der Waals surface area contributed by atoms with Gasteiger partial charge in [-0.1, -0.05) is 6.07 Å². The first kappa shape index (κ1) is 12.8. The van der Waals surface area contributed by atoms with E-state index in [0.29, 0.717) is 13.0 Å². The molecule has 0 aromatic carbocycles. The third-order valence-electron chi connectivity index (χ3n) is 3.16. The SMILES string of the molecule is Cc1cnc2c(c1)nc(Cc1cccs1)n2CCC#N. The molecule has 0 amide bonds. The molecule has 0 aliphatic rings. The summed E-state index contributed by atoms with van der Waals surface area (Å²) in [5.41, 5.74) is 2.89. The number of rotatable bonds is 4. The third-order valence-corrected chi connectivity index (χ3v) is 4.04. The molecule has 0 saturated carbocycles. The van der Waals surface area contributed by atoms with Crippen molar-refractivity contribution < 1.29 is 0 Å². The van der Waals surface area contributed by atoms with Crippen molar-refractivity contribution in [1.82, 2.24) is 14.5 Å². The van der Waals surface area contributed by atoms with Crippen molar-refractivity contribution in [2.75, 3.05) is 0 Å². The minimum absolute atomic E-state index is 0.471. The van der Waals surface area contributed by atoms with Crippen LogP contribution < -0.4 is 0 Å². The number of aromatic nitrogens is 3. The highest BCUT2D eigenvalue weighted by Gasteiger charge is 2.12. The minimum Gasteiger partial charge on any atom is -0.311 e. The topological polar surface area (TPSA) is 54.5 Å². The average Bonchev–Trinajstić information content (AvgIpc) is 3.04. The third kappa shape index (κ3) is 2.43. The van der Waals surface area contributed by atoms with Crippen molar-refractivity contribution in [2.24, 2.45) is 0 Å². The van der Waals surface area contributed by atoms with Gasteiger partial charge in [0, 0.05) is 24.0 Å². The van der Waals surface area contributed by atoms with Gasteiger partial charge in [-0.25, -0.2) is 9.97 Å². The molecule has 3 aromatic rings. The highest BCUT2D eigenvalue weighted by atomic mass is 32.1. The van der Waals surface area contributed by atoms with Crippen LogP contribution in [0.3, 0.4) is 0 Å². The van der Waals surface area contributed by atoms with Crippen molar-refractivity contribution in [3.63, 3.8) is 0 Å². The summed E-state index contributed by atoms with van der Waals surface area (Å²) in [7, 11) is 0. The van der Waals surface area contributed by atoms with Crippen molar-refractivity contribution in [1.29, 1.82) is 5.26 Å². The zero-order valence-electron chi connectivity index (χ0n) is 11.2. The first-order valence-corrected chi connectivity index (χ1v) is 7.37. The Hall–Kier alpha value is -2.19. The zero-order chi connectivity index (χ0) is 13.9. The van der Waals surface area contributed by atoms with Crippen molar-refractivity contribution >= 4 is 22.5 Å². The molecule has 4 nitrogen and oxygen atoms in total. The van der Waals surface area contributed by atoms with Crippen LogP contribution in [-0.4, -0.2) is 14.5 Å². The number of hydrogen-bond acceptors (Lipinski definition) is 4. The molecule has 0 spiro atoms. The molecule has 0 aliphatic heterocycles. The molecule has 5 heteroatoms. The van der Waals surface area contributed by atoms with Crippen LogP contribution in [0.2, 0.25) is 0 Å². The molecule has 0 saturated heterocycles. The van der Waals surface area contributed by atoms with Gasteiger partial charge in [0.1, 0.15) is 11.3 Å². The Morgan fingerprint density at radius 3 is 3.10 bits per heavy atom. The van der Waals surface area contributed by atoms with Gasteiger partial charge in [-0.3, -0.25) is 0 Å². The molecule has 0 bridgehead atoms. The predicted molar refractivity (Wildman–Crippen MR) is 79.6 cm³/mol. The van der Waals surface area contributed by atoms with Gasteiger partial charge in [-0.2, -0.15) is 5.26 Å². The van der Waals surface area contributed by atoms with Crippen LogP contribution in [0.25, 0.3) is 11.2 Å². The molecule has 3 aromatic heterocycles. The summed E-state index contributed by atoms with van der Waals surface area (Å²) in [6.07, 6.45) is 3.11. The molecule has 0 radical (unpaired) electrons. The number of nitriles is 1. The molecule has 3 heterocycles. The predicted octanol–water partition coefficient (Wildman–Crippen LogP) is 3.31. The summed E-state index contributed by atoms with van der Waals surface area (Å²) in [5.74, 6) is 0.982. The van der Waals surface area contributed by atoms with Gasteiger partial charge in [0.05, 0.1) is 12.5 Å². The largest absolute Gasteiger partial charge is 0.311 e. The molecule has 0 atom stereocenters. The summed E-state index contributed by atoms with van der Waals surface area (Å²) >= 11 is 1.72. The van der Waals surface area contributed by atoms with Gasteiger partial charge in [0.15, 0.2) is 5.65 Å². The normalized spacial score (nSPS) is 10.8. The highest BCUT2D eigenvalue weighted by Crippen LogP contribution is 2.20.